The van der Waals surface area contributed by atoms with Gasteiger partial charge in [0.25, 0.3) is 0 Å². The highest BCUT2D eigenvalue weighted by atomic mass is 19.4. The number of pyridine rings is 1. The SMILES string of the molecule is CC(C)(C)OC(=O)N1CCN(Cc2ccc(C(F)(F)F)cc2)CC1CN[C@H]1CCCc2cccnc21. The Morgan fingerprint density at radius 1 is 1.14 bits per heavy atom. The van der Waals surface area contributed by atoms with Gasteiger partial charge < -0.3 is 15.0 Å². The fourth-order valence-electron chi connectivity index (χ4n) is 4.94. The van der Waals surface area contributed by atoms with Crippen LogP contribution in [0.3, 0.4) is 0 Å². The van der Waals surface area contributed by atoms with Crippen LogP contribution in [0.5, 0.6) is 0 Å². The van der Waals surface area contributed by atoms with Crippen molar-refractivity contribution in [2.45, 2.75) is 70.4 Å². The van der Waals surface area contributed by atoms with Crippen molar-refractivity contribution in [1.82, 2.24) is 20.1 Å². The van der Waals surface area contributed by atoms with Gasteiger partial charge in [-0.05, 0) is 69.4 Å². The third-order valence-electron chi connectivity index (χ3n) is 6.68. The smallest absolute Gasteiger partial charge is 0.416 e. The van der Waals surface area contributed by atoms with Crippen LogP contribution in [0.2, 0.25) is 0 Å². The van der Waals surface area contributed by atoms with Crippen LogP contribution in [0.15, 0.2) is 42.6 Å². The summed E-state index contributed by atoms with van der Waals surface area (Å²) >= 11 is 0. The molecular weight excluding hydrogens is 469 g/mol. The van der Waals surface area contributed by atoms with E-state index in [1.165, 1.54) is 17.7 Å². The molecule has 0 spiro atoms. The Kier molecular flexibility index (Phi) is 7.90. The summed E-state index contributed by atoms with van der Waals surface area (Å²) in [6.07, 6.45) is 0.218. The normalized spacial score (nSPS) is 21.2. The number of benzene rings is 1. The molecule has 4 rings (SSSR count). The fourth-order valence-corrected chi connectivity index (χ4v) is 4.94. The number of alkyl halides is 3. The van der Waals surface area contributed by atoms with Crippen molar-refractivity contribution in [3.8, 4) is 0 Å². The number of piperazine rings is 1. The summed E-state index contributed by atoms with van der Waals surface area (Å²) in [7, 11) is 0. The molecule has 0 radical (unpaired) electrons. The van der Waals surface area contributed by atoms with E-state index < -0.39 is 17.3 Å². The van der Waals surface area contributed by atoms with Crippen LogP contribution < -0.4 is 5.32 Å². The zero-order valence-corrected chi connectivity index (χ0v) is 21.1. The quantitative estimate of drug-likeness (QED) is 0.608. The van der Waals surface area contributed by atoms with Crippen LogP contribution in [0, 0.1) is 0 Å². The number of halogens is 3. The van der Waals surface area contributed by atoms with Gasteiger partial charge in [-0.15, -0.1) is 0 Å². The molecule has 0 saturated carbocycles. The number of nitrogens with one attached hydrogen (secondary N) is 1. The second kappa shape index (κ2) is 10.8. The topological polar surface area (TPSA) is 57.7 Å². The van der Waals surface area contributed by atoms with Crippen molar-refractivity contribution in [2.75, 3.05) is 26.2 Å². The van der Waals surface area contributed by atoms with Crippen molar-refractivity contribution in [3.05, 3.63) is 65.0 Å². The van der Waals surface area contributed by atoms with Gasteiger partial charge in [-0.2, -0.15) is 13.2 Å². The maximum Gasteiger partial charge on any atom is 0.416 e. The number of fused-ring (bicyclic) bond motifs is 1. The largest absolute Gasteiger partial charge is 0.444 e. The monoisotopic (exact) mass is 504 g/mol. The summed E-state index contributed by atoms with van der Waals surface area (Å²) in [5.74, 6) is 0. The first-order valence-corrected chi connectivity index (χ1v) is 12.5. The van der Waals surface area contributed by atoms with E-state index in [0.717, 1.165) is 42.7 Å². The molecule has 1 aliphatic carbocycles. The predicted octanol–water partition coefficient (Wildman–Crippen LogP) is 5.19. The summed E-state index contributed by atoms with van der Waals surface area (Å²) in [5, 5.41) is 3.64. The summed E-state index contributed by atoms with van der Waals surface area (Å²) in [5.41, 5.74) is 1.90. The summed E-state index contributed by atoms with van der Waals surface area (Å²) in [6.45, 7) is 8.34. The number of aryl methyl sites for hydroxylation is 1. The lowest BCUT2D eigenvalue weighted by atomic mass is 9.91. The lowest BCUT2D eigenvalue weighted by Crippen LogP contribution is -2.59. The number of nitrogens with zero attached hydrogens (tertiary/aromatic N) is 3. The molecule has 2 aromatic rings. The lowest BCUT2D eigenvalue weighted by Gasteiger charge is -2.42. The van der Waals surface area contributed by atoms with Crippen LogP contribution in [-0.2, 0) is 23.9 Å². The number of hydrogen-bond acceptors (Lipinski definition) is 5. The maximum absolute atomic E-state index is 13.0. The second-order valence-electron chi connectivity index (χ2n) is 10.7. The molecule has 36 heavy (non-hydrogen) atoms. The highest BCUT2D eigenvalue weighted by Gasteiger charge is 2.34. The fraction of sp³-hybridized carbons (Fsp3) is 0.556. The van der Waals surface area contributed by atoms with Crippen LogP contribution in [0.4, 0.5) is 18.0 Å². The van der Waals surface area contributed by atoms with Crippen molar-refractivity contribution >= 4 is 6.09 Å². The molecule has 1 N–H and O–H groups in total. The third kappa shape index (κ3) is 6.76. The van der Waals surface area contributed by atoms with Gasteiger partial charge in [0.1, 0.15) is 5.60 Å². The molecule has 6 nitrogen and oxygen atoms in total. The van der Waals surface area contributed by atoms with Gasteiger partial charge in [0.05, 0.1) is 17.3 Å². The van der Waals surface area contributed by atoms with E-state index in [1.54, 1.807) is 4.90 Å². The van der Waals surface area contributed by atoms with Gasteiger partial charge in [0.15, 0.2) is 0 Å². The molecule has 2 atom stereocenters. The van der Waals surface area contributed by atoms with Crippen molar-refractivity contribution in [2.24, 2.45) is 0 Å². The Balaban J connectivity index is 1.45. The predicted molar refractivity (Wildman–Crippen MR) is 131 cm³/mol. The molecule has 0 bridgehead atoms. The maximum atomic E-state index is 13.0. The number of hydrogen-bond donors (Lipinski definition) is 1. The molecular formula is C27H35F3N4O2. The molecule has 9 heteroatoms. The number of aromatic nitrogens is 1. The molecule has 1 amide bonds. The molecule has 1 saturated heterocycles. The van der Waals surface area contributed by atoms with Crippen LogP contribution in [-0.4, -0.2) is 58.7 Å². The van der Waals surface area contributed by atoms with Gasteiger partial charge in [-0.25, -0.2) is 4.79 Å². The van der Waals surface area contributed by atoms with Gasteiger partial charge in [0, 0.05) is 45.0 Å². The zero-order valence-electron chi connectivity index (χ0n) is 21.1. The van der Waals surface area contributed by atoms with Crippen LogP contribution >= 0.6 is 0 Å². The minimum atomic E-state index is -4.35. The molecule has 1 aromatic heterocycles. The van der Waals surface area contributed by atoms with E-state index in [2.05, 4.69) is 21.3 Å². The van der Waals surface area contributed by atoms with Gasteiger partial charge in [0.2, 0.25) is 0 Å². The first-order valence-electron chi connectivity index (χ1n) is 12.5. The number of amides is 1. The molecule has 196 valence electrons. The van der Waals surface area contributed by atoms with E-state index in [9.17, 15) is 18.0 Å². The van der Waals surface area contributed by atoms with E-state index >= 15 is 0 Å². The van der Waals surface area contributed by atoms with E-state index in [0.29, 0.717) is 32.7 Å². The highest BCUT2D eigenvalue weighted by Crippen LogP contribution is 2.30. The average Bonchev–Trinajstić information content (AvgIpc) is 2.81. The van der Waals surface area contributed by atoms with Crippen LogP contribution in [0.25, 0.3) is 0 Å². The van der Waals surface area contributed by atoms with E-state index in [-0.39, 0.29) is 18.2 Å². The Morgan fingerprint density at radius 3 is 2.58 bits per heavy atom. The first-order chi connectivity index (χ1) is 17.0. The summed E-state index contributed by atoms with van der Waals surface area (Å²) in [6, 6.07) is 9.37. The van der Waals surface area contributed by atoms with Crippen molar-refractivity contribution < 1.29 is 22.7 Å². The third-order valence-corrected chi connectivity index (χ3v) is 6.68. The van der Waals surface area contributed by atoms with E-state index in [4.69, 9.17) is 4.74 Å². The molecule has 1 aliphatic heterocycles. The molecule has 2 aliphatic rings. The molecule has 1 fully saturated rings. The number of carbonyl (C=O) groups is 1. The Morgan fingerprint density at radius 2 is 1.89 bits per heavy atom. The molecule has 1 aromatic carbocycles. The van der Waals surface area contributed by atoms with Gasteiger partial charge >= 0.3 is 12.3 Å². The molecule has 1 unspecified atom stereocenters. The molecule has 2 heterocycles. The number of rotatable bonds is 5. The minimum Gasteiger partial charge on any atom is -0.444 e. The van der Waals surface area contributed by atoms with Gasteiger partial charge in [-0.1, -0.05) is 18.2 Å². The second-order valence-corrected chi connectivity index (χ2v) is 10.7. The Hall–Kier alpha value is -2.65. The number of ether oxygens (including phenoxy) is 1. The number of carbonyl (C=O) groups excluding carboxylic acids is 1. The lowest BCUT2D eigenvalue weighted by molar-refractivity contribution is -0.137. The van der Waals surface area contributed by atoms with Crippen molar-refractivity contribution in [1.29, 1.82) is 0 Å². The Bertz CT molecular complexity index is 1040. The summed E-state index contributed by atoms with van der Waals surface area (Å²) < 4.78 is 44.5. The van der Waals surface area contributed by atoms with E-state index in [1.807, 2.05) is 33.0 Å². The standard InChI is InChI=1S/C27H35F3N4O2/c1-26(2,3)36-25(35)34-15-14-33(17-19-9-11-21(12-10-19)27(28,29)30)18-22(34)16-32-23-8-4-6-20-7-5-13-31-24(20)23/h5,7,9-13,22-23,32H,4,6,8,14-18H2,1-3H3/t22?,23-/m0/s1. The zero-order chi connectivity index (χ0) is 25.9. The van der Waals surface area contributed by atoms with Crippen LogP contribution in [0.1, 0.15) is 62.0 Å². The van der Waals surface area contributed by atoms with Gasteiger partial charge in [-0.3, -0.25) is 9.88 Å². The highest BCUT2D eigenvalue weighted by molar-refractivity contribution is 5.68. The first kappa shape index (κ1) is 26.4. The van der Waals surface area contributed by atoms with Crippen molar-refractivity contribution in [3.63, 3.8) is 0 Å². The average molecular weight is 505 g/mol. The summed E-state index contributed by atoms with van der Waals surface area (Å²) in [4.78, 5) is 21.6. The Labute approximate surface area is 210 Å². The minimum absolute atomic E-state index is 0.126.